The highest BCUT2D eigenvalue weighted by Gasteiger charge is 2.26. The first kappa shape index (κ1) is 20.1. The average molecular weight is 404 g/mol. The van der Waals surface area contributed by atoms with E-state index < -0.39 is 5.97 Å². The van der Waals surface area contributed by atoms with Crippen LogP contribution in [-0.2, 0) is 16.1 Å². The number of carbonyl (C=O) groups excluding carboxylic acids is 3. The molecule has 3 heterocycles. The number of hydrogen-bond acceptors (Lipinski definition) is 5. The van der Waals surface area contributed by atoms with Crippen molar-refractivity contribution in [1.29, 1.82) is 0 Å². The van der Waals surface area contributed by atoms with Gasteiger partial charge in [-0.2, -0.15) is 0 Å². The van der Waals surface area contributed by atoms with Gasteiger partial charge in [0.05, 0.1) is 10.4 Å². The predicted molar refractivity (Wildman–Crippen MR) is 107 cm³/mol. The zero-order chi connectivity index (χ0) is 20.3. The molecule has 7 nitrogen and oxygen atoms in total. The van der Waals surface area contributed by atoms with Crippen LogP contribution in [0.2, 0.25) is 0 Å². The van der Waals surface area contributed by atoms with Gasteiger partial charge in [0.25, 0.3) is 11.8 Å². The van der Waals surface area contributed by atoms with Gasteiger partial charge in [-0.15, -0.1) is 11.3 Å². The van der Waals surface area contributed by atoms with Crippen molar-refractivity contribution < 1.29 is 19.1 Å². The minimum Gasteiger partial charge on any atom is -0.452 e. The monoisotopic (exact) mass is 403 g/mol. The highest BCUT2D eigenvalue weighted by molar-refractivity contribution is 7.12. The molecule has 0 aromatic carbocycles. The lowest BCUT2D eigenvalue weighted by atomic mass is 10.2. The normalized spacial score (nSPS) is 14.2. The molecule has 2 amide bonds. The summed E-state index contributed by atoms with van der Waals surface area (Å²) in [7, 11) is 0. The molecule has 0 N–H and O–H groups in total. The van der Waals surface area contributed by atoms with Gasteiger partial charge in [0.1, 0.15) is 0 Å². The Morgan fingerprint density at radius 3 is 2.36 bits per heavy atom. The predicted octanol–water partition coefficient (Wildman–Crippen LogP) is 2.33. The highest BCUT2D eigenvalue weighted by Crippen LogP contribution is 2.17. The maximum atomic E-state index is 12.4. The minimum absolute atomic E-state index is 0.000178. The first-order valence-corrected chi connectivity index (χ1v) is 10.2. The Labute approximate surface area is 168 Å². The molecular weight excluding hydrogens is 378 g/mol. The van der Waals surface area contributed by atoms with Gasteiger partial charge in [-0.1, -0.05) is 6.07 Å². The second-order valence-corrected chi connectivity index (χ2v) is 7.70. The van der Waals surface area contributed by atoms with E-state index in [1.807, 2.05) is 36.8 Å². The largest absolute Gasteiger partial charge is 0.452 e. The summed E-state index contributed by atoms with van der Waals surface area (Å²) in [6.07, 6.45) is 0. The molecule has 1 saturated heterocycles. The van der Waals surface area contributed by atoms with Gasteiger partial charge in [-0.05, 0) is 38.3 Å². The summed E-state index contributed by atoms with van der Waals surface area (Å²) < 4.78 is 7.28. The number of piperazine rings is 1. The van der Waals surface area contributed by atoms with E-state index in [0.29, 0.717) is 36.6 Å². The molecule has 0 bridgehead atoms. The molecular formula is C20H25N3O4S. The van der Waals surface area contributed by atoms with Crippen LogP contribution in [0.15, 0.2) is 23.6 Å². The summed E-state index contributed by atoms with van der Waals surface area (Å²) in [6, 6.07) is 5.45. The number of aryl methyl sites for hydroxylation is 1. The average Bonchev–Trinajstić information content (AvgIpc) is 3.33. The number of esters is 1. The van der Waals surface area contributed by atoms with Crippen LogP contribution in [0.5, 0.6) is 0 Å². The van der Waals surface area contributed by atoms with Crippen LogP contribution in [0.4, 0.5) is 0 Å². The van der Waals surface area contributed by atoms with Gasteiger partial charge in [-0.25, -0.2) is 4.79 Å². The standard InChI is InChI=1S/C20H25N3O4S/c1-4-23-14(2)12-16(15(23)3)20(26)27-13-18(24)21-7-9-22(10-8-21)19(25)17-6-5-11-28-17/h5-6,11-12H,4,7-10,13H2,1-3H3. The molecule has 1 aliphatic rings. The zero-order valence-corrected chi connectivity index (χ0v) is 17.3. The number of thiophene rings is 1. The molecule has 1 aliphatic heterocycles. The lowest BCUT2D eigenvalue weighted by Gasteiger charge is -2.34. The van der Waals surface area contributed by atoms with Crippen LogP contribution in [0.1, 0.15) is 38.3 Å². The van der Waals surface area contributed by atoms with E-state index in [1.165, 1.54) is 11.3 Å². The van der Waals surface area contributed by atoms with Gasteiger partial charge in [0.2, 0.25) is 0 Å². The van der Waals surface area contributed by atoms with Crippen molar-refractivity contribution in [3.63, 3.8) is 0 Å². The third-order valence-corrected chi connectivity index (χ3v) is 5.95. The molecule has 0 spiro atoms. The van der Waals surface area contributed by atoms with Crippen LogP contribution in [0.25, 0.3) is 0 Å². The summed E-state index contributed by atoms with van der Waals surface area (Å²) in [4.78, 5) is 41.2. The fraction of sp³-hybridized carbons (Fsp3) is 0.450. The number of ether oxygens (including phenoxy) is 1. The Hall–Kier alpha value is -2.61. The fourth-order valence-corrected chi connectivity index (χ4v) is 4.20. The van der Waals surface area contributed by atoms with Crippen molar-refractivity contribution in [1.82, 2.24) is 14.4 Å². The quantitative estimate of drug-likeness (QED) is 0.719. The van der Waals surface area contributed by atoms with Crippen LogP contribution < -0.4 is 0 Å². The Bertz CT molecular complexity index is 864. The Kier molecular flexibility index (Phi) is 6.18. The van der Waals surface area contributed by atoms with E-state index in [9.17, 15) is 14.4 Å². The number of rotatable bonds is 5. The molecule has 0 atom stereocenters. The molecule has 2 aromatic rings. The maximum absolute atomic E-state index is 12.4. The SMILES string of the molecule is CCn1c(C)cc(C(=O)OCC(=O)N2CCN(C(=O)c3cccs3)CC2)c1C. The maximum Gasteiger partial charge on any atom is 0.340 e. The van der Waals surface area contributed by atoms with E-state index in [2.05, 4.69) is 0 Å². The Morgan fingerprint density at radius 2 is 1.79 bits per heavy atom. The first-order chi connectivity index (χ1) is 13.4. The zero-order valence-electron chi connectivity index (χ0n) is 16.4. The highest BCUT2D eigenvalue weighted by atomic mass is 32.1. The number of aromatic nitrogens is 1. The molecule has 0 aliphatic carbocycles. The minimum atomic E-state index is -0.479. The van der Waals surface area contributed by atoms with E-state index in [0.717, 1.165) is 17.9 Å². The number of amides is 2. The van der Waals surface area contributed by atoms with Crippen molar-refractivity contribution in [2.45, 2.75) is 27.3 Å². The lowest BCUT2D eigenvalue weighted by molar-refractivity contribution is -0.136. The van der Waals surface area contributed by atoms with Gasteiger partial charge < -0.3 is 19.1 Å². The Balaban J connectivity index is 1.50. The van der Waals surface area contributed by atoms with Crippen LogP contribution in [0, 0.1) is 13.8 Å². The molecule has 8 heteroatoms. The van der Waals surface area contributed by atoms with Crippen LogP contribution in [-0.4, -0.2) is 64.9 Å². The van der Waals surface area contributed by atoms with Crippen molar-refractivity contribution in [3.05, 3.63) is 45.4 Å². The summed E-state index contributed by atoms with van der Waals surface area (Å²) >= 11 is 1.42. The molecule has 0 unspecified atom stereocenters. The molecule has 150 valence electrons. The smallest absolute Gasteiger partial charge is 0.340 e. The summed E-state index contributed by atoms with van der Waals surface area (Å²) in [5.41, 5.74) is 2.33. The number of carbonyl (C=O) groups is 3. The Morgan fingerprint density at radius 1 is 1.11 bits per heavy atom. The van der Waals surface area contributed by atoms with E-state index >= 15 is 0 Å². The molecule has 0 radical (unpaired) electrons. The van der Waals surface area contributed by atoms with Crippen LogP contribution in [0.3, 0.4) is 0 Å². The second-order valence-electron chi connectivity index (χ2n) is 6.76. The van der Waals surface area contributed by atoms with Crippen molar-refractivity contribution in [2.75, 3.05) is 32.8 Å². The third-order valence-electron chi connectivity index (χ3n) is 5.09. The van der Waals surface area contributed by atoms with Crippen molar-refractivity contribution >= 4 is 29.1 Å². The van der Waals surface area contributed by atoms with Gasteiger partial charge in [0, 0.05) is 44.1 Å². The molecule has 1 fully saturated rings. The van der Waals surface area contributed by atoms with E-state index in [1.54, 1.807) is 21.9 Å². The number of hydrogen-bond donors (Lipinski definition) is 0. The van der Waals surface area contributed by atoms with Crippen molar-refractivity contribution in [2.24, 2.45) is 0 Å². The summed E-state index contributed by atoms with van der Waals surface area (Å²) in [6.45, 7) is 8.17. The first-order valence-electron chi connectivity index (χ1n) is 9.36. The lowest BCUT2D eigenvalue weighted by Crippen LogP contribution is -2.51. The third kappa shape index (κ3) is 4.11. The fourth-order valence-electron chi connectivity index (χ4n) is 3.51. The molecule has 2 aromatic heterocycles. The van der Waals surface area contributed by atoms with Crippen molar-refractivity contribution in [3.8, 4) is 0 Å². The molecule has 28 heavy (non-hydrogen) atoms. The number of nitrogens with zero attached hydrogens (tertiary/aromatic N) is 3. The topological polar surface area (TPSA) is 71.8 Å². The van der Waals surface area contributed by atoms with Crippen LogP contribution >= 0.6 is 11.3 Å². The molecule has 0 saturated carbocycles. The van der Waals surface area contributed by atoms with E-state index in [4.69, 9.17) is 4.74 Å². The summed E-state index contributed by atoms with van der Waals surface area (Å²) in [5, 5.41) is 1.87. The van der Waals surface area contributed by atoms with Gasteiger partial charge in [0.15, 0.2) is 6.61 Å². The summed E-state index contributed by atoms with van der Waals surface area (Å²) in [5.74, 6) is -0.715. The van der Waals surface area contributed by atoms with Gasteiger partial charge >= 0.3 is 5.97 Å². The van der Waals surface area contributed by atoms with Gasteiger partial charge in [-0.3, -0.25) is 9.59 Å². The second kappa shape index (κ2) is 8.60. The molecule has 3 rings (SSSR count). The van der Waals surface area contributed by atoms with E-state index in [-0.39, 0.29) is 18.4 Å².